The smallest absolute Gasteiger partial charge is 0.387 e. The molecule has 3 aromatic rings. The van der Waals surface area contributed by atoms with Gasteiger partial charge in [0.15, 0.2) is 0 Å². The van der Waals surface area contributed by atoms with Gasteiger partial charge in [0.2, 0.25) is 5.91 Å². The minimum Gasteiger partial charge on any atom is -0.492 e. The Labute approximate surface area is 193 Å². The second kappa shape index (κ2) is 9.43. The molecule has 0 aliphatic carbocycles. The predicted octanol–water partition coefficient (Wildman–Crippen LogP) is 6.23. The Bertz CT molecular complexity index is 1210. The molecule has 10 heteroatoms. The van der Waals surface area contributed by atoms with Gasteiger partial charge in [0.05, 0.1) is 18.7 Å². The number of para-hydroxylation sites is 1. The zero-order valence-corrected chi connectivity index (χ0v) is 19.9. The second-order valence-electron chi connectivity index (χ2n) is 7.62. The molecule has 0 saturated carbocycles. The van der Waals surface area contributed by atoms with Gasteiger partial charge >= 0.3 is 7.52 Å². The van der Waals surface area contributed by atoms with Crippen LogP contribution in [0.15, 0.2) is 45.8 Å². The molecule has 2 aromatic carbocycles. The van der Waals surface area contributed by atoms with Gasteiger partial charge in [-0.3, -0.25) is 4.57 Å². The van der Waals surface area contributed by atoms with Gasteiger partial charge in [0.1, 0.15) is 5.75 Å². The van der Waals surface area contributed by atoms with Gasteiger partial charge in [0.25, 0.3) is 0 Å². The van der Waals surface area contributed by atoms with E-state index < -0.39 is 13.4 Å². The molecular formula is C22H23BrFN2O5P. The Balaban J connectivity index is 1.79. The monoisotopic (exact) mass is 524 g/mol. The Morgan fingerprint density at radius 1 is 1.38 bits per heavy atom. The molecule has 2 unspecified atom stereocenters. The highest BCUT2D eigenvalue weighted by atomic mass is 79.9. The van der Waals surface area contributed by atoms with Crippen molar-refractivity contribution in [1.82, 2.24) is 4.57 Å². The molecule has 7 nitrogen and oxygen atoms in total. The lowest BCUT2D eigenvalue weighted by Crippen LogP contribution is -2.07. The van der Waals surface area contributed by atoms with Gasteiger partial charge in [-0.1, -0.05) is 40.2 Å². The molecule has 1 aromatic heterocycles. The number of nitroso groups, excluding NO2 is 1. The highest BCUT2D eigenvalue weighted by Gasteiger charge is 2.35. The molecule has 0 fully saturated rings. The fourth-order valence-corrected chi connectivity index (χ4v) is 5.65. The summed E-state index contributed by atoms with van der Waals surface area (Å²) in [6.45, 7) is 4.21. The van der Waals surface area contributed by atoms with Crippen LogP contribution in [0.25, 0.3) is 10.9 Å². The normalized spacial score (nSPS) is 16.8. The minimum absolute atomic E-state index is 0.0845. The molecule has 0 bridgehead atoms. The van der Waals surface area contributed by atoms with Gasteiger partial charge < -0.3 is 18.9 Å². The summed E-state index contributed by atoms with van der Waals surface area (Å²) in [5.74, 6) is -1.59. The van der Waals surface area contributed by atoms with Gasteiger partial charge in [-0.15, -0.1) is 4.91 Å². The van der Waals surface area contributed by atoms with E-state index in [0.717, 1.165) is 40.6 Å². The van der Waals surface area contributed by atoms with Crippen molar-refractivity contribution < 1.29 is 23.3 Å². The lowest BCUT2D eigenvalue weighted by Gasteiger charge is -2.16. The Morgan fingerprint density at radius 3 is 2.91 bits per heavy atom. The van der Waals surface area contributed by atoms with Crippen molar-refractivity contribution in [2.24, 2.45) is 4.95 Å². The molecule has 2 heterocycles. The van der Waals surface area contributed by atoms with Crippen LogP contribution >= 0.6 is 23.4 Å². The summed E-state index contributed by atoms with van der Waals surface area (Å²) < 4.78 is 40.3. The summed E-state index contributed by atoms with van der Waals surface area (Å²) in [4.78, 5) is 22.1. The summed E-state index contributed by atoms with van der Waals surface area (Å²) in [6.07, 6.45) is 1.77. The highest BCUT2D eigenvalue weighted by molar-refractivity contribution is 9.10. The first-order valence-electron chi connectivity index (χ1n) is 10.3. The quantitative estimate of drug-likeness (QED) is 0.292. The average Bonchev–Trinajstić information content (AvgIpc) is 2.92. The van der Waals surface area contributed by atoms with E-state index in [1.54, 1.807) is 12.1 Å². The molecule has 0 amide bonds. The van der Waals surface area contributed by atoms with Crippen molar-refractivity contribution >= 4 is 34.4 Å². The van der Waals surface area contributed by atoms with E-state index in [-0.39, 0.29) is 5.56 Å². The van der Waals surface area contributed by atoms with Crippen molar-refractivity contribution in [1.29, 1.82) is 0 Å². The zero-order valence-electron chi connectivity index (χ0n) is 17.5. The standard InChI is InChI=1S/C22H23BrFN2O5P/c1-2-31-20-7-3-5-15-17-13-30-10-4-6-19(17)26(21(15)20)12-14-8-9-16(18(23)11-14)22(24)32(28,29)25-27/h3,5,7-9,11,22H,2,4,6,10,12-13H2,1H3,(H,28,29). The molecule has 0 saturated heterocycles. The molecule has 2 atom stereocenters. The Hall–Kier alpha value is -2.06. The molecule has 4 rings (SSSR count). The number of halogens is 2. The van der Waals surface area contributed by atoms with Crippen LogP contribution in [-0.2, 0) is 28.9 Å². The van der Waals surface area contributed by atoms with Crippen molar-refractivity contribution in [2.45, 2.75) is 38.8 Å². The van der Waals surface area contributed by atoms with Crippen LogP contribution in [0.5, 0.6) is 5.75 Å². The van der Waals surface area contributed by atoms with Crippen molar-refractivity contribution in [2.75, 3.05) is 13.2 Å². The lowest BCUT2D eigenvalue weighted by atomic mass is 10.1. The van der Waals surface area contributed by atoms with Crippen molar-refractivity contribution in [3.63, 3.8) is 0 Å². The first-order chi connectivity index (χ1) is 15.4. The van der Waals surface area contributed by atoms with E-state index in [9.17, 15) is 18.8 Å². The van der Waals surface area contributed by atoms with Gasteiger partial charge in [-0.05, 0) is 37.5 Å². The number of alkyl halides is 1. The maximum absolute atomic E-state index is 14.4. The third-order valence-corrected chi connectivity index (χ3v) is 7.38. The van der Waals surface area contributed by atoms with Crippen LogP contribution in [0.4, 0.5) is 4.39 Å². The number of rotatable bonds is 7. The Morgan fingerprint density at radius 2 is 2.19 bits per heavy atom. The van der Waals surface area contributed by atoms with Crippen LogP contribution in [-0.4, -0.2) is 22.7 Å². The first-order valence-corrected chi connectivity index (χ1v) is 12.8. The summed E-state index contributed by atoms with van der Waals surface area (Å²) in [5, 5.41) is 1.09. The van der Waals surface area contributed by atoms with Crippen molar-refractivity contribution in [3.8, 4) is 5.75 Å². The average molecular weight is 525 g/mol. The van der Waals surface area contributed by atoms with Gasteiger partial charge in [-0.25, -0.2) is 4.39 Å². The van der Waals surface area contributed by atoms with Crippen molar-refractivity contribution in [3.05, 3.63) is 68.2 Å². The maximum Gasteiger partial charge on any atom is 0.387 e. The van der Waals surface area contributed by atoms with Gasteiger partial charge in [0, 0.05) is 44.8 Å². The molecule has 170 valence electrons. The third-order valence-electron chi connectivity index (χ3n) is 5.59. The number of hydrogen-bond donors (Lipinski definition) is 1. The zero-order chi connectivity index (χ0) is 22.9. The van der Waals surface area contributed by atoms with E-state index in [1.807, 2.05) is 19.1 Å². The molecule has 32 heavy (non-hydrogen) atoms. The number of hydrogen-bond acceptors (Lipinski definition) is 4. The fraction of sp³-hybridized carbons (Fsp3) is 0.364. The molecule has 0 spiro atoms. The van der Waals surface area contributed by atoms with E-state index in [4.69, 9.17) is 9.47 Å². The number of ether oxygens (including phenoxy) is 2. The molecule has 1 aliphatic heterocycles. The van der Waals surface area contributed by atoms with E-state index in [0.29, 0.717) is 30.8 Å². The van der Waals surface area contributed by atoms with Crippen LogP contribution in [0.1, 0.15) is 41.6 Å². The largest absolute Gasteiger partial charge is 0.492 e. The summed E-state index contributed by atoms with van der Waals surface area (Å²) in [6, 6.07) is 10.8. The third kappa shape index (κ3) is 4.27. The van der Waals surface area contributed by atoms with E-state index in [1.165, 1.54) is 11.8 Å². The van der Waals surface area contributed by atoms with Crippen LogP contribution in [0.2, 0.25) is 0 Å². The Kier molecular flexibility index (Phi) is 6.81. The highest BCUT2D eigenvalue weighted by Crippen LogP contribution is 2.58. The summed E-state index contributed by atoms with van der Waals surface area (Å²) >= 11 is 3.28. The molecule has 1 N–H and O–H groups in total. The molecule has 0 radical (unpaired) electrons. The maximum atomic E-state index is 14.4. The van der Waals surface area contributed by atoms with E-state index in [2.05, 4.69) is 31.5 Å². The van der Waals surface area contributed by atoms with Crippen LogP contribution in [0.3, 0.4) is 0 Å². The lowest BCUT2D eigenvalue weighted by molar-refractivity contribution is 0.125. The second-order valence-corrected chi connectivity index (χ2v) is 10.3. The first kappa shape index (κ1) is 23.1. The number of fused-ring (bicyclic) bond motifs is 3. The van der Waals surface area contributed by atoms with Crippen LogP contribution < -0.4 is 4.74 Å². The fourth-order valence-electron chi connectivity index (χ4n) is 4.17. The number of aromatic nitrogens is 1. The van der Waals surface area contributed by atoms with Crippen LogP contribution in [0, 0.1) is 4.91 Å². The minimum atomic E-state index is -4.82. The van der Waals surface area contributed by atoms with Gasteiger partial charge in [-0.2, -0.15) is 0 Å². The SMILES string of the molecule is CCOc1cccc2c3c(n(Cc4ccc(C(F)P(=O)(O)N=O)c(Br)c4)c12)CCCOC3. The number of nitrogens with zero attached hydrogens (tertiary/aromatic N) is 2. The van der Waals surface area contributed by atoms with E-state index >= 15 is 0 Å². The molecule has 1 aliphatic rings. The topological polar surface area (TPSA) is 90.1 Å². The summed E-state index contributed by atoms with van der Waals surface area (Å²) in [7, 11) is -4.82. The number of benzene rings is 2. The predicted molar refractivity (Wildman–Crippen MR) is 124 cm³/mol. The summed E-state index contributed by atoms with van der Waals surface area (Å²) in [5.41, 5.74) is 4.09. The molecular weight excluding hydrogens is 502 g/mol.